The van der Waals surface area contributed by atoms with Crippen LogP contribution in [0.1, 0.15) is 23.8 Å². The smallest absolute Gasteiger partial charge is 0.250 e. The van der Waals surface area contributed by atoms with E-state index < -0.39 is 10.0 Å². The summed E-state index contributed by atoms with van der Waals surface area (Å²) in [6, 6.07) is 3.65. The molecule has 0 amide bonds. The van der Waals surface area contributed by atoms with Crippen molar-refractivity contribution in [2.24, 2.45) is 0 Å². The third kappa shape index (κ3) is 5.15. The molecule has 116 valence electrons. The van der Waals surface area contributed by atoms with Gasteiger partial charge in [0, 0.05) is 27.8 Å². The number of hydrogen-bond acceptors (Lipinski definition) is 5. The van der Waals surface area contributed by atoms with Crippen molar-refractivity contribution in [3.05, 3.63) is 37.8 Å². The van der Waals surface area contributed by atoms with Crippen molar-refractivity contribution < 1.29 is 8.42 Å². The molecule has 0 atom stereocenters. The van der Waals surface area contributed by atoms with Gasteiger partial charge in [0.25, 0.3) is 0 Å². The molecule has 2 aromatic rings. The maximum Gasteiger partial charge on any atom is 0.250 e. The second-order valence-corrected chi connectivity index (χ2v) is 9.32. The first-order valence-corrected chi connectivity index (χ1v) is 10.6. The van der Waals surface area contributed by atoms with E-state index in [9.17, 15) is 8.42 Å². The van der Waals surface area contributed by atoms with E-state index in [2.05, 4.69) is 32.9 Å². The molecular formula is C13H17BrN2O2S3. The number of halogens is 1. The minimum absolute atomic E-state index is 0.319. The van der Waals surface area contributed by atoms with Crippen LogP contribution in [0.5, 0.6) is 0 Å². The zero-order valence-corrected chi connectivity index (χ0v) is 15.6. The molecule has 21 heavy (non-hydrogen) atoms. The molecule has 2 N–H and O–H groups in total. The number of sulfonamides is 1. The Hall–Kier alpha value is -0.250. The third-order valence-electron chi connectivity index (χ3n) is 2.71. The highest BCUT2D eigenvalue weighted by Crippen LogP contribution is 2.22. The lowest BCUT2D eigenvalue weighted by Gasteiger charge is -2.03. The lowest BCUT2D eigenvalue weighted by Crippen LogP contribution is -2.22. The van der Waals surface area contributed by atoms with Gasteiger partial charge in [0.1, 0.15) is 4.21 Å². The molecule has 0 radical (unpaired) electrons. The maximum absolute atomic E-state index is 12.2. The van der Waals surface area contributed by atoms with Crippen LogP contribution in [-0.2, 0) is 23.1 Å². The molecule has 0 aliphatic heterocycles. The van der Waals surface area contributed by atoms with Crippen molar-refractivity contribution in [1.29, 1.82) is 0 Å². The third-order valence-corrected chi connectivity index (χ3v) is 7.30. The van der Waals surface area contributed by atoms with E-state index >= 15 is 0 Å². The lowest BCUT2D eigenvalue weighted by atomic mass is 10.3. The van der Waals surface area contributed by atoms with Gasteiger partial charge in [-0.2, -0.15) is 0 Å². The quantitative estimate of drug-likeness (QED) is 0.656. The van der Waals surface area contributed by atoms with Crippen LogP contribution in [0.2, 0.25) is 0 Å². The second kappa shape index (κ2) is 7.85. The van der Waals surface area contributed by atoms with Crippen LogP contribution in [0, 0.1) is 0 Å². The normalized spacial score (nSPS) is 11.9. The van der Waals surface area contributed by atoms with Crippen molar-refractivity contribution in [1.82, 2.24) is 10.0 Å². The topological polar surface area (TPSA) is 58.2 Å². The minimum Gasteiger partial charge on any atom is -0.313 e. The molecule has 0 fully saturated rings. The van der Waals surface area contributed by atoms with Crippen molar-refractivity contribution >= 4 is 48.6 Å². The van der Waals surface area contributed by atoms with Gasteiger partial charge in [-0.15, -0.1) is 22.7 Å². The molecule has 0 saturated carbocycles. The molecule has 2 aromatic heterocycles. The number of thiophene rings is 2. The number of nitrogens with one attached hydrogen (secondary N) is 2. The van der Waals surface area contributed by atoms with Gasteiger partial charge in [0.15, 0.2) is 0 Å². The van der Waals surface area contributed by atoms with Crippen LogP contribution < -0.4 is 10.0 Å². The summed E-state index contributed by atoms with van der Waals surface area (Å²) >= 11 is 6.14. The van der Waals surface area contributed by atoms with Gasteiger partial charge >= 0.3 is 0 Å². The Kier molecular flexibility index (Phi) is 6.39. The van der Waals surface area contributed by atoms with E-state index in [0.29, 0.717) is 17.3 Å². The molecule has 0 aliphatic carbocycles. The molecule has 4 nitrogen and oxygen atoms in total. The Labute approximate surface area is 141 Å². The van der Waals surface area contributed by atoms with Gasteiger partial charge in [0.05, 0.1) is 0 Å². The minimum atomic E-state index is -3.43. The van der Waals surface area contributed by atoms with Crippen LogP contribution in [0.3, 0.4) is 0 Å². The van der Waals surface area contributed by atoms with Gasteiger partial charge in [-0.25, -0.2) is 13.1 Å². The average Bonchev–Trinajstić information content (AvgIpc) is 3.06. The predicted octanol–water partition coefficient (Wildman–Crippen LogP) is 3.55. The highest BCUT2D eigenvalue weighted by atomic mass is 79.9. The molecule has 8 heteroatoms. The van der Waals surface area contributed by atoms with Gasteiger partial charge in [-0.1, -0.05) is 6.92 Å². The molecule has 0 aromatic carbocycles. The van der Waals surface area contributed by atoms with Crippen molar-refractivity contribution in [2.75, 3.05) is 6.54 Å². The zero-order valence-electron chi connectivity index (χ0n) is 11.6. The van der Waals surface area contributed by atoms with Crippen molar-refractivity contribution in [3.8, 4) is 0 Å². The first kappa shape index (κ1) is 17.1. The van der Waals surface area contributed by atoms with Crippen LogP contribution in [-0.4, -0.2) is 15.0 Å². The maximum atomic E-state index is 12.2. The largest absolute Gasteiger partial charge is 0.313 e. The Bertz CT molecular complexity index is 679. The Morgan fingerprint density at radius 1 is 1.19 bits per heavy atom. The standard InChI is InChI=1S/C13H17BrN2O2S3/c1-2-3-15-6-10-4-13(20-8-10)21(17,18)16-7-12-5-11(14)9-19-12/h4-5,8-9,15-16H,2-3,6-7H2,1H3. The van der Waals surface area contributed by atoms with Gasteiger partial charge in [-0.05, 0) is 52.0 Å². The SMILES string of the molecule is CCCNCc1csc(S(=O)(=O)NCc2cc(Br)cs2)c1. The first-order valence-electron chi connectivity index (χ1n) is 6.52. The molecule has 0 spiro atoms. The van der Waals surface area contributed by atoms with Crippen LogP contribution in [0.15, 0.2) is 31.6 Å². The summed E-state index contributed by atoms with van der Waals surface area (Å²) in [7, 11) is -3.43. The molecular weight excluding hydrogens is 392 g/mol. The van der Waals surface area contributed by atoms with Crippen molar-refractivity contribution in [2.45, 2.75) is 30.6 Å². The molecule has 2 rings (SSSR count). The van der Waals surface area contributed by atoms with Crippen LogP contribution >= 0.6 is 38.6 Å². The first-order chi connectivity index (χ1) is 10.0. The zero-order chi connectivity index (χ0) is 15.3. The molecule has 0 saturated heterocycles. The second-order valence-electron chi connectivity index (χ2n) is 4.51. The predicted molar refractivity (Wildman–Crippen MR) is 92.4 cm³/mol. The summed E-state index contributed by atoms with van der Waals surface area (Å²) in [4.78, 5) is 0.979. The van der Waals surface area contributed by atoms with E-state index in [1.165, 1.54) is 22.7 Å². The summed E-state index contributed by atoms with van der Waals surface area (Å²) in [6.45, 7) is 4.06. The average molecular weight is 409 g/mol. The summed E-state index contributed by atoms with van der Waals surface area (Å²) < 4.78 is 28.4. The molecule has 0 unspecified atom stereocenters. The lowest BCUT2D eigenvalue weighted by molar-refractivity contribution is 0.583. The Morgan fingerprint density at radius 2 is 2.00 bits per heavy atom. The fraction of sp³-hybridized carbons (Fsp3) is 0.385. The van der Waals surface area contributed by atoms with E-state index in [0.717, 1.165) is 27.9 Å². The Morgan fingerprint density at radius 3 is 2.67 bits per heavy atom. The van der Waals surface area contributed by atoms with E-state index in [-0.39, 0.29) is 0 Å². The van der Waals surface area contributed by atoms with E-state index in [4.69, 9.17) is 0 Å². The van der Waals surface area contributed by atoms with Gasteiger partial charge in [-0.3, -0.25) is 0 Å². The van der Waals surface area contributed by atoms with E-state index in [1.807, 2.05) is 16.8 Å². The fourth-order valence-corrected chi connectivity index (χ4v) is 5.42. The van der Waals surface area contributed by atoms with Crippen molar-refractivity contribution in [3.63, 3.8) is 0 Å². The fourth-order valence-electron chi connectivity index (χ4n) is 1.68. The number of hydrogen-bond donors (Lipinski definition) is 2. The highest BCUT2D eigenvalue weighted by Gasteiger charge is 2.16. The van der Waals surface area contributed by atoms with Crippen LogP contribution in [0.25, 0.3) is 0 Å². The number of rotatable bonds is 8. The highest BCUT2D eigenvalue weighted by molar-refractivity contribution is 9.10. The summed E-state index contributed by atoms with van der Waals surface area (Å²) in [5, 5.41) is 7.09. The summed E-state index contributed by atoms with van der Waals surface area (Å²) in [5.74, 6) is 0. The summed E-state index contributed by atoms with van der Waals surface area (Å²) in [5.41, 5.74) is 1.01. The van der Waals surface area contributed by atoms with Gasteiger partial charge in [0.2, 0.25) is 10.0 Å². The van der Waals surface area contributed by atoms with E-state index in [1.54, 1.807) is 6.07 Å². The van der Waals surface area contributed by atoms with Gasteiger partial charge < -0.3 is 5.32 Å². The molecule has 0 bridgehead atoms. The monoisotopic (exact) mass is 408 g/mol. The summed E-state index contributed by atoms with van der Waals surface area (Å²) in [6.07, 6.45) is 1.06. The molecule has 0 aliphatic rings. The molecule has 2 heterocycles. The Balaban J connectivity index is 1.95. The van der Waals surface area contributed by atoms with Crippen LogP contribution in [0.4, 0.5) is 0 Å².